The highest BCUT2D eigenvalue weighted by molar-refractivity contribution is 6.17. The van der Waals surface area contributed by atoms with Crippen molar-refractivity contribution in [3.8, 4) is 44.5 Å². The summed E-state index contributed by atoms with van der Waals surface area (Å²) in [5.41, 5.74) is 18.8. The molecular weight excluding hydrogens is 859 g/mol. The molecule has 0 saturated heterocycles. The van der Waals surface area contributed by atoms with E-state index in [0.29, 0.717) is 0 Å². The lowest BCUT2D eigenvalue weighted by Gasteiger charge is -2.35. The fourth-order valence-corrected chi connectivity index (χ4v) is 11.8. The van der Waals surface area contributed by atoms with Gasteiger partial charge < -0.3 is 9.32 Å². The highest BCUT2D eigenvalue weighted by atomic mass is 16.3. The van der Waals surface area contributed by atoms with Gasteiger partial charge in [0.05, 0.1) is 11.1 Å². The Morgan fingerprint density at radius 1 is 0.282 bits per heavy atom. The summed E-state index contributed by atoms with van der Waals surface area (Å²) in [5.74, 6) is 0. The van der Waals surface area contributed by atoms with Gasteiger partial charge in [0.25, 0.3) is 0 Å². The summed E-state index contributed by atoms with van der Waals surface area (Å²) in [6, 6.07) is 99.8. The summed E-state index contributed by atoms with van der Waals surface area (Å²) in [7, 11) is 0. The van der Waals surface area contributed by atoms with Crippen molar-refractivity contribution in [2.24, 2.45) is 0 Å². The van der Waals surface area contributed by atoms with Gasteiger partial charge in [-0.05, 0) is 108 Å². The van der Waals surface area contributed by atoms with E-state index in [9.17, 15) is 0 Å². The SMILES string of the molecule is c1ccc(C2(c3ccccc3)c3ccccc3-c3ccc(N(c4ccc(-c5ccc(-c6cccc7ccccc67)cc5)cc4)c4ccccc4-c4cccc5c4oc4c6ccccc6ccc54)cc32)cc1. The molecule has 0 bridgehead atoms. The second-order valence-corrected chi connectivity index (χ2v) is 18.7. The van der Waals surface area contributed by atoms with Crippen LogP contribution in [0.25, 0.3) is 88.0 Å². The lowest BCUT2D eigenvalue weighted by molar-refractivity contribution is 0.674. The highest BCUT2D eigenvalue weighted by Gasteiger charge is 2.46. The van der Waals surface area contributed by atoms with Gasteiger partial charge in [-0.3, -0.25) is 0 Å². The maximum atomic E-state index is 7.02. The third-order valence-corrected chi connectivity index (χ3v) is 15.0. The molecule has 0 amide bonds. The van der Waals surface area contributed by atoms with Gasteiger partial charge in [0, 0.05) is 38.7 Å². The van der Waals surface area contributed by atoms with Crippen LogP contribution in [0, 0.1) is 0 Å². The van der Waals surface area contributed by atoms with Gasteiger partial charge in [-0.2, -0.15) is 0 Å². The zero-order valence-corrected chi connectivity index (χ0v) is 38.8. The summed E-state index contributed by atoms with van der Waals surface area (Å²) >= 11 is 0. The van der Waals surface area contributed by atoms with Gasteiger partial charge in [-0.15, -0.1) is 0 Å². The number of nitrogens with zero attached hydrogens (tertiary/aromatic N) is 1. The van der Waals surface area contributed by atoms with E-state index in [4.69, 9.17) is 4.42 Å². The summed E-state index contributed by atoms with van der Waals surface area (Å²) in [6.45, 7) is 0. The fraction of sp³-hybridized carbons (Fsp3) is 0.0145. The molecule has 0 N–H and O–H groups in total. The molecule has 0 saturated carbocycles. The van der Waals surface area contributed by atoms with Crippen molar-refractivity contribution in [3.05, 3.63) is 295 Å². The second-order valence-electron chi connectivity index (χ2n) is 18.7. The summed E-state index contributed by atoms with van der Waals surface area (Å²) in [6.07, 6.45) is 0. The largest absolute Gasteiger partial charge is 0.455 e. The number of anilines is 3. The Hall–Kier alpha value is -9.24. The quantitative estimate of drug-likeness (QED) is 0.151. The third-order valence-electron chi connectivity index (χ3n) is 15.0. The highest BCUT2D eigenvalue weighted by Crippen LogP contribution is 2.57. The molecule has 2 heteroatoms. The van der Waals surface area contributed by atoms with Crippen molar-refractivity contribution in [2.45, 2.75) is 5.41 Å². The number of hydrogen-bond acceptors (Lipinski definition) is 2. The number of para-hydroxylation sites is 2. The third kappa shape index (κ3) is 6.42. The minimum atomic E-state index is -0.555. The van der Waals surface area contributed by atoms with E-state index >= 15 is 0 Å². The van der Waals surface area contributed by atoms with E-state index < -0.39 is 5.41 Å². The zero-order chi connectivity index (χ0) is 46.9. The number of rotatable bonds is 8. The Morgan fingerprint density at radius 2 is 0.789 bits per heavy atom. The lowest BCUT2D eigenvalue weighted by atomic mass is 9.67. The standard InChI is InChI=1S/C69H45NO/c1-3-20-51(21-4-1)69(52-22-5-2-6-23-52)64-31-13-11-26-58(64)59-44-42-54(45-65(59)69)70(53-40-37-47(38-41-53)46-33-35-50(36-34-46)56-28-15-19-48-17-7-9-24-55(48)56)66-32-14-12-27-60(66)61-29-16-30-62-63-43-39-49-18-8-10-25-57(49)67(63)71-68(61)62/h1-45H. The Morgan fingerprint density at radius 3 is 1.55 bits per heavy atom. The van der Waals surface area contributed by atoms with Crippen LogP contribution in [0.2, 0.25) is 0 Å². The van der Waals surface area contributed by atoms with Crippen molar-refractivity contribution in [3.63, 3.8) is 0 Å². The van der Waals surface area contributed by atoms with Crippen LogP contribution in [-0.4, -0.2) is 0 Å². The normalized spacial score (nSPS) is 12.6. The van der Waals surface area contributed by atoms with Crippen LogP contribution in [0.15, 0.2) is 277 Å². The van der Waals surface area contributed by atoms with E-state index in [1.165, 1.54) is 60.8 Å². The summed E-state index contributed by atoms with van der Waals surface area (Å²) in [4.78, 5) is 2.45. The minimum Gasteiger partial charge on any atom is -0.455 e. The molecule has 2 nitrogen and oxygen atoms in total. The van der Waals surface area contributed by atoms with Gasteiger partial charge >= 0.3 is 0 Å². The number of hydrogen-bond donors (Lipinski definition) is 0. The Kier molecular flexibility index (Phi) is 9.47. The van der Waals surface area contributed by atoms with E-state index in [0.717, 1.165) is 66.5 Å². The van der Waals surface area contributed by atoms with Crippen LogP contribution < -0.4 is 4.90 Å². The van der Waals surface area contributed by atoms with Crippen molar-refractivity contribution < 1.29 is 4.42 Å². The number of benzene rings is 12. The molecule has 0 unspecified atom stereocenters. The molecular formula is C69H45NO. The molecule has 0 radical (unpaired) electrons. The van der Waals surface area contributed by atoms with Crippen molar-refractivity contribution >= 4 is 60.5 Å². The minimum absolute atomic E-state index is 0.555. The van der Waals surface area contributed by atoms with E-state index in [1.54, 1.807) is 0 Å². The summed E-state index contributed by atoms with van der Waals surface area (Å²) in [5, 5.41) is 7.01. The Balaban J connectivity index is 0.963. The summed E-state index contributed by atoms with van der Waals surface area (Å²) < 4.78 is 7.02. The second kappa shape index (κ2) is 16.5. The van der Waals surface area contributed by atoms with Crippen LogP contribution in [0.4, 0.5) is 17.1 Å². The van der Waals surface area contributed by atoms with Crippen LogP contribution in [0.5, 0.6) is 0 Å². The fourth-order valence-electron chi connectivity index (χ4n) is 11.8. The lowest BCUT2D eigenvalue weighted by Crippen LogP contribution is -2.28. The van der Waals surface area contributed by atoms with Crippen molar-refractivity contribution in [1.82, 2.24) is 0 Å². The molecule has 12 aromatic carbocycles. The molecule has 1 aromatic heterocycles. The first-order valence-corrected chi connectivity index (χ1v) is 24.5. The van der Waals surface area contributed by atoms with Crippen LogP contribution in [-0.2, 0) is 5.41 Å². The smallest absolute Gasteiger partial charge is 0.143 e. The molecule has 0 fully saturated rings. The molecule has 13 aromatic rings. The molecule has 0 spiro atoms. The van der Waals surface area contributed by atoms with Crippen LogP contribution in [0.1, 0.15) is 22.3 Å². The Labute approximate surface area is 413 Å². The Bertz CT molecular complexity index is 4110. The first-order valence-electron chi connectivity index (χ1n) is 24.5. The molecule has 332 valence electrons. The average molecular weight is 904 g/mol. The maximum absolute atomic E-state index is 7.02. The zero-order valence-electron chi connectivity index (χ0n) is 38.8. The molecule has 1 aliphatic rings. The topological polar surface area (TPSA) is 16.4 Å². The molecule has 71 heavy (non-hydrogen) atoms. The van der Waals surface area contributed by atoms with Gasteiger partial charge in [0.1, 0.15) is 11.2 Å². The average Bonchev–Trinajstić information content (AvgIpc) is 3.98. The monoisotopic (exact) mass is 903 g/mol. The van der Waals surface area contributed by atoms with Crippen molar-refractivity contribution in [2.75, 3.05) is 4.90 Å². The number of furan rings is 1. The van der Waals surface area contributed by atoms with Crippen molar-refractivity contribution in [1.29, 1.82) is 0 Å². The molecule has 0 atom stereocenters. The molecule has 1 aliphatic carbocycles. The molecule has 1 heterocycles. The van der Waals surface area contributed by atoms with Gasteiger partial charge in [0.15, 0.2) is 0 Å². The first-order chi connectivity index (χ1) is 35.2. The van der Waals surface area contributed by atoms with Crippen LogP contribution >= 0.6 is 0 Å². The number of fused-ring (bicyclic) bond motifs is 9. The molecule has 0 aliphatic heterocycles. The maximum Gasteiger partial charge on any atom is 0.143 e. The van der Waals surface area contributed by atoms with Gasteiger partial charge in [-0.1, -0.05) is 237 Å². The predicted octanol–water partition coefficient (Wildman–Crippen LogP) is 18.7. The molecule has 14 rings (SSSR count). The van der Waals surface area contributed by atoms with Crippen LogP contribution in [0.3, 0.4) is 0 Å². The predicted molar refractivity (Wildman–Crippen MR) is 297 cm³/mol. The van der Waals surface area contributed by atoms with E-state index in [-0.39, 0.29) is 0 Å². The van der Waals surface area contributed by atoms with Gasteiger partial charge in [-0.25, -0.2) is 0 Å². The first kappa shape index (κ1) is 40.8. The van der Waals surface area contributed by atoms with Gasteiger partial charge in [0.2, 0.25) is 0 Å². The van der Waals surface area contributed by atoms with E-state index in [1.807, 2.05) is 0 Å². The van der Waals surface area contributed by atoms with E-state index in [2.05, 4.69) is 278 Å².